The van der Waals surface area contributed by atoms with Crippen LogP contribution in [-0.2, 0) is 19.1 Å². The van der Waals surface area contributed by atoms with Gasteiger partial charge in [0.25, 0.3) is 0 Å². The van der Waals surface area contributed by atoms with Gasteiger partial charge >= 0.3 is 5.97 Å². The van der Waals surface area contributed by atoms with Crippen LogP contribution in [0.2, 0.25) is 0 Å². The summed E-state index contributed by atoms with van der Waals surface area (Å²) in [5.41, 5.74) is 0.0357. The summed E-state index contributed by atoms with van der Waals surface area (Å²) in [7, 11) is 0. The number of esters is 1. The van der Waals surface area contributed by atoms with Crippen LogP contribution in [0.4, 0.5) is 0 Å². The molecular formula is C24H32Br2O4. The minimum absolute atomic E-state index is 0.0568. The Hall–Kier alpha value is -0.490. The van der Waals surface area contributed by atoms with Crippen molar-refractivity contribution in [3.8, 4) is 0 Å². The molecule has 0 bridgehead atoms. The molecule has 0 spiro atoms. The van der Waals surface area contributed by atoms with E-state index in [1.54, 1.807) is 6.92 Å². The number of carbonyl (C=O) groups is 3. The van der Waals surface area contributed by atoms with Gasteiger partial charge < -0.3 is 4.74 Å². The molecule has 0 aromatic rings. The van der Waals surface area contributed by atoms with Crippen molar-refractivity contribution in [2.45, 2.75) is 87.9 Å². The van der Waals surface area contributed by atoms with Gasteiger partial charge in [-0.05, 0) is 74.2 Å². The third-order valence-corrected chi connectivity index (χ3v) is 10.1. The number of Topliss-reactive ketones (excluding diaryl/α,β-unsaturated/α-hetero) is 1. The Morgan fingerprint density at radius 2 is 1.80 bits per heavy atom. The second-order valence-corrected chi connectivity index (χ2v) is 13.3. The Labute approximate surface area is 196 Å². The summed E-state index contributed by atoms with van der Waals surface area (Å²) >= 11 is 6.81. The molecule has 0 N–H and O–H groups in total. The zero-order chi connectivity index (χ0) is 21.9. The SMILES string of the molecule is CCC(=O)O[C@@]1(C(=O)C(Br)Br)CC[C@H]2[C@@H]3CCC4=CC(=O)CC[C@]4(C)[C@H]3CC[C@@]21C. The second kappa shape index (κ2) is 7.83. The number of alkyl halides is 2. The van der Waals surface area contributed by atoms with Gasteiger partial charge in [-0.15, -0.1) is 0 Å². The van der Waals surface area contributed by atoms with Gasteiger partial charge in [0.05, 0.1) is 0 Å². The summed E-state index contributed by atoms with van der Waals surface area (Å²) in [6.45, 7) is 6.34. The first kappa shape index (κ1) is 22.7. The molecule has 4 aliphatic carbocycles. The molecule has 0 amide bonds. The molecule has 0 aliphatic heterocycles. The Kier molecular flexibility index (Phi) is 5.92. The highest BCUT2D eigenvalue weighted by atomic mass is 79.9. The van der Waals surface area contributed by atoms with Crippen LogP contribution in [-0.4, -0.2) is 26.9 Å². The Morgan fingerprint density at radius 1 is 1.10 bits per heavy atom. The van der Waals surface area contributed by atoms with E-state index in [9.17, 15) is 14.4 Å². The fourth-order valence-electron chi connectivity index (χ4n) is 7.62. The van der Waals surface area contributed by atoms with Gasteiger partial charge in [0, 0.05) is 18.3 Å². The number of ether oxygens (including phenoxy) is 1. The molecule has 0 aromatic carbocycles. The predicted molar refractivity (Wildman–Crippen MR) is 122 cm³/mol. The fraction of sp³-hybridized carbons (Fsp3) is 0.792. The van der Waals surface area contributed by atoms with E-state index in [-0.39, 0.29) is 34.8 Å². The van der Waals surface area contributed by atoms with E-state index in [4.69, 9.17) is 4.74 Å². The lowest BCUT2D eigenvalue weighted by Crippen LogP contribution is -2.60. The quantitative estimate of drug-likeness (QED) is 0.327. The highest BCUT2D eigenvalue weighted by Gasteiger charge is 2.69. The highest BCUT2D eigenvalue weighted by molar-refractivity contribution is 9.25. The van der Waals surface area contributed by atoms with Gasteiger partial charge in [-0.25, -0.2) is 0 Å². The lowest BCUT2D eigenvalue weighted by atomic mass is 9.46. The van der Waals surface area contributed by atoms with Gasteiger partial charge in [-0.3, -0.25) is 14.4 Å². The fourth-order valence-corrected chi connectivity index (χ4v) is 8.36. The van der Waals surface area contributed by atoms with Gasteiger partial charge in [-0.2, -0.15) is 0 Å². The maximum Gasteiger partial charge on any atom is 0.306 e. The summed E-state index contributed by atoms with van der Waals surface area (Å²) in [4.78, 5) is 37.9. The van der Waals surface area contributed by atoms with Crippen LogP contribution in [0, 0.1) is 28.6 Å². The summed E-state index contributed by atoms with van der Waals surface area (Å²) in [5, 5.41) is 0. The molecular weight excluding hydrogens is 512 g/mol. The summed E-state index contributed by atoms with van der Waals surface area (Å²) < 4.78 is 5.54. The monoisotopic (exact) mass is 542 g/mol. The maximum atomic E-state index is 13.4. The number of allylic oxidation sites excluding steroid dienone is 1. The van der Waals surface area contributed by atoms with Crippen molar-refractivity contribution in [3.05, 3.63) is 11.6 Å². The molecule has 6 heteroatoms. The van der Waals surface area contributed by atoms with Crippen LogP contribution < -0.4 is 0 Å². The van der Waals surface area contributed by atoms with E-state index in [2.05, 4.69) is 45.7 Å². The van der Waals surface area contributed by atoms with Gasteiger partial charge in [-0.1, -0.05) is 58.2 Å². The van der Waals surface area contributed by atoms with E-state index in [0.29, 0.717) is 30.6 Å². The van der Waals surface area contributed by atoms with Crippen molar-refractivity contribution in [1.29, 1.82) is 0 Å². The molecule has 4 aliphatic rings. The molecule has 0 radical (unpaired) electrons. The van der Waals surface area contributed by atoms with E-state index >= 15 is 0 Å². The minimum atomic E-state index is -1.06. The van der Waals surface area contributed by atoms with Gasteiger partial charge in [0.15, 0.2) is 11.4 Å². The molecule has 0 unspecified atom stereocenters. The Morgan fingerprint density at radius 3 is 2.47 bits per heavy atom. The molecule has 3 saturated carbocycles. The molecule has 0 heterocycles. The molecule has 6 atom stereocenters. The van der Waals surface area contributed by atoms with Crippen molar-refractivity contribution < 1.29 is 19.1 Å². The van der Waals surface area contributed by atoms with E-state index < -0.39 is 9.34 Å². The summed E-state index contributed by atoms with van der Waals surface area (Å²) in [6, 6.07) is 0. The van der Waals surface area contributed by atoms with Gasteiger partial charge in [0.1, 0.15) is 3.74 Å². The number of ketones is 2. The number of hydrogen-bond acceptors (Lipinski definition) is 4. The van der Waals surface area contributed by atoms with Crippen LogP contribution in [0.3, 0.4) is 0 Å². The van der Waals surface area contributed by atoms with Crippen molar-refractivity contribution in [1.82, 2.24) is 0 Å². The third-order valence-electron chi connectivity index (χ3n) is 9.25. The van der Waals surface area contributed by atoms with Crippen LogP contribution in [0.1, 0.15) is 78.6 Å². The number of rotatable bonds is 4. The zero-order valence-corrected chi connectivity index (χ0v) is 21.3. The van der Waals surface area contributed by atoms with Crippen LogP contribution in [0.15, 0.2) is 11.6 Å². The Balaban J connectivity index is 1.71. The predicted octanol–water partition coefficient (Wildman–Crippen LogP) is 5.90. The lowest BCUT2D eigenvalue weighted by molar-refractivity contribution is -0.188. The number of hydrogen-bond donors (Lipinski definition) is 0. The third kappa shape index (κ3) is 3.14. The average molecular weight is 544 g/mol. The molecule has 166 valence electrons. The molecule has 30 heavy (non-hydrogen) atoms. The first-order chi connectivity index (χ1) is 14.1. The van der Waals surface area contributed by atoms with Crippen LogP contribution >= 0.6 is 31.9 Å². The number of halogens is 2. The maximum absolute atomic E-state index is 13.4. The first-order valence-corrected chi connectivity index (χ1v) is 13.2. The lowest BCUT2D eigenvalue weighted by Gasteiger charge is -2.59. The topological polar surface area (TPSA) is 60.4 Å². The van der Waals surface area contributed by atoms with E-state index in [1.165, 1.54) is 5.57 Å². The summed E-state index contributed by atoms with van der Waals surface area (Å²) in [5.74, 6) is 1.34. The second-order valence-electron chi connectivity index (χ2n) is 10.3. The minimum Gasteiger partial charge on any atom is -0.450 e. The largest absolute Gasteiger partial charge is 0.450 e. The van der Waals surface area contributed by atoms with Crippen molar-refractivity contribution in [3.63, 3.8) is 0 Å². The van der Waals surface area contributed by atoms with Crippen molar-refractivity contribution in [2.24, 2.45) is 28.6 Å². The van der Waals surface area contributed by atoms with Gasteiger partial charge in [0.2, 0.25) is 5.78 Å². The number of fused-ring (bicyclic) bond motifs is 5. The molecule has 3 fully saturated rings. The van der Waals surface area contributed by atoms with Crippen LogP contribution in [0.25, 0.3) is 0 Å². The Bertz CT molecular complexity index is 805. The van der Waals surface area contributed by atoms with E-state index in [0.717, 1.165) is 38.5 Å². The van der Waals surface area contributed by atoms with Crippen molar-refractivity contribution in [2.75, 3.05) is 0 Å². The molecule has 0 saturated heterocycles. The number of carbonyl (C=O) groups excluding carboxylic acids is 3. The average Bonchev–Trinajstić information content (AvgIpc) is 3.00. The van der Waals surface area contributed by atoms with E-state index in [1.807, 2.05) is 6.08 Å². The molecule has 4 rings (SSSR count). The first-order valence-electron chi connectivity index (χ1n) is 11.4. The van der Waals surface area contributed by atoms with Crippen LogP contribution in [0.5, 0.6) is 0 Å². The zero-order valence-electron chi connectivity index (χ0n) is 18.1. The summed E-state index contributed by atoms with van der Waals surface area (Å²) in [6.07, 6.45) is 9.27. The van der Waals surface area contributed by atoms with Crippen molar-refractivity contribution >= 4 is 49.4 Å². The molecule has 4 nitrogen and oxygen atoms in total. The highest BCUT2D eigenvalue weighted by Crippen LogP contribution is 2.68. The standard InChI is InChI=1S/C24H32Br2O4/c1-4-19(28)30-24(20(29)21(25)26)12-9-18-16-6-5-14-13-15(27)7-10-22(14,2)17(16)8-11-23(18,24)3/h13,16-18,21H,4-12H2,1-3H3/t16-,17+,18+,22+,23+,24-/m1/s1. The molecule has 0 aromatic heterocycles. The smallest absolute Gasteiger partial charge is 0.306 e. The normalized spacial score (nSPS) is 42.8.